The molecule has 4 rings (SSSR count). The molecule has 0 saturated carbocycles. The van der Waals surface area contributed by atoms with Gasteiger partial charge >= 0.3 is 5.91 Å². The van der Waals surface area contributed by atoms with Crippen LogP contribution in [-0.4, -0.2) is 29.1 Å². The number of amides is 1. The van der Waals surface area contributed by atoms with E-state index in [2.05, 4.69) is 5.16 Å². The van der Waals surface area contributed by atoms with Crippen molar-refractivity contribution in [2.75, 3.05) is 12.0 Å². The maximum atomic E-state index is 12.9. The summed E-state index contributed by atoms with van der Waals surface area (Å²) < 4.78 is 10.2. The molecule has 1 amide bonds. The van der Waals surface area contributed by atoms with E-state index in [0.29, 0.717) is 22.6 Å². The van der Waals surface area contributed by atoms with Gasteiger partial charge in [0.15, 0.2) is 5.82 Å². The lowest BCUT2D eigenvalue weighted by Gasteiger charge is -2.22. The van der Waals surface area contributed by atoms with Gasteiger partial charge in [-0.25, -0.2) is 0 Å². The highest BCUT2D eigenvalue weighted by atomic mass is 16.5. The summed E-state index contributed by atoms with van der Waals surface area (Å²) >= 11 is 0. The van der Waals surface area contributed by atoms with E-state index >= 15 is 0 Å². The van der Waals surface area contributed by atoms with E-state index in [1.165, 1.54) is 12.0 Å². The molecule has 146 valence electrons. The monoisotopic (exact) mass is 390 g/mol. The standard InChI is InChI=1S/C22H18N2O5/c1-13-12-17(23-29-13)24-19(14-6-4-3-5-7-14)18(21(26)22(24)27)20(25)15-8-10-16(28-2)11-9-15/h3-12,19,25H,1-2H3/b20-18+/t19-/m1/s1. The Balaban J connectivity index is 1.90. The van der Waals surface area contributed by atoms with Gasteiger partial charge in [0.25, 0.3) is 5.78 Å². The topological polar surface area (TPSA) is 92.9 Å². The van der Waals surface area contributed by atoms with E-state index < -0.39 is 17.7 Å². The number of hydrogen-bond acceptors (Lipinski definition) is 6. The Morgan fingerprint density at radius 3 is 2.38 bits per heavy atom. The molecule has 1 aliphatic rings. The van der Waals surface area contributed by atoms with Gasteiger partial charge in [-0.15, -0.1) is 0 Å². The Labute approximate surface area is 166 Å². The molecule has 1 saturated heterocycles. The van der Waals surface area contributed by atoms with Gasteiger partial charge in [0, 0.05) is 11.6 Å². The van der Waals surface area contributed by atoms with Crippen molar-refractivity contribution in [1.82, 2.24) is 5.16 Å². The van der Waals surface area contributed by atoms with E-state index in [1.54, 1.807) is 61.5 Å². The summed E-state index contributed by atoms with van der Waals surface area (Å²) in [5.74, 6) is -0.492. The summed E-state index contributed by atoms with van der Waals surface area (Å²) in [7, 11) is 1.54. The van der Waals surface area contributed by atoms with Gasteiger partial charge in [0.05, 0.1) is 18.7 Å². The molecule has 3 aromatic rings. The van der Waals surface area contributed by atoms with Crippen LogP contribution in [0, 0.1) is 6.92 Å². The molecule has 1 aromatic heterocycles. The third-order valence-electron chi connectivity index (χ3n) is 4.79. The van der Waals surface area contributed by atoms with Gasteiger partial charge in [0.1, 0.15) is 17.3 Å². The zero-order valence-electron chi connectivity index (χ0n) is 15.8. The molecule has 0 aliphatic carbocycles. The fourth-order valence-corrected chi connectivity index (χ4v) is 3.39. The molecule has 1 atom stereocenters. The molecule has 0 spiro atoms. The molecule has 0 unspecified atom stereocenters. The second kappa shape index (κ2) is 7.27. The van der Waals surface area contributed by atoms with Crippen LogP contribution in [0.3, 0.4) is 0 Å². The normalized spacial score (nSPS) is 18.3. The average molecular weight is 390 g/mol. The van der Waals surface area contributed by atoms with Crippen molar-refractivity contribution in [3.63, 3.8) is 0 Å². The molecule has 2 heterocycles. The summed E-state index contributed by atoms with van der Waals surface area (Å²) in [5, 5.41) is 14.9. The smallest absolute Gasteiger partial charge is 0.301 e. The Morgan fingerprint density at radius 1 is 1.10 bits per heavy atom. The Morgan fingerprint density at radius 2 is 1.79 bits per heavy atom. The minimum absolute atomic E-state index is 0.00739. The summed E-state index contributed by atoms with van der Waals surface area (Å²) in [6.07, 6.45) is 0. The van der Waals surface area contributed by atoms with Crippen LogP contribution in [0.1, 0.15) is 22.9 Å². The van der Waals surface area contributed by atoms with Crippen LogP contribution in [0.5, 0.6) is 5.75 Å². The fourth-order valence-electron chi connectivity index (χ4n) is 3.39. The number of aliphatic hydroxyl groups is 1. The number of carbonyl (C=O) groups excluding carboxylic acids is 2. The first-order chi connectivity index (χ1) is 14.0. The number of rotatable bonds is 4. The third-order valence-corrected chi connectivity index (χ3v) is 4.79. The maximum absolute atomic E-state index is 12.9. The number of aliphatic hydroxyl groups excluding tert-OH is 1. The summed E-state index contributed by atoms with van der Waals surface area (Å²) in [5.41, 5.74) is 1.07. The van der Waals surface area contributed by atoms with Gasteiger partial charge < -0.3 is 14.4 Å². The van der Waals surface area contributed by atoms with Crippen LogP contribution < -0.4 is 9.64 Å². The maximum Gasteiger partial charge on any atom is 0.301 e. The highest BCUT2D eigenvalue weighted by molar-refractivity contribution is 6.51. The number of ether oxygens (including phenoxy) is 1. The SMILES string of the molecule is COc1ccc(/C(O)=C2\C(=O)C(=O)N(c3cc(C)on3)[C@@H]2c2ccccc2)cc1. The summed E-state index contributed by atoms with van der Waals surface area (Å²) in [4.78, 5) is 27.1. The number of aromatic nitrogens is 1. The van der Waals surface area contributed by atoms with Crippen LogP contribution in [0.25, 0.3) is 5.76 Å². The number of anilines is 1. The van der Waals surface area contributed by atoms with Crippen LogP contribution in [0.2, 0.25) is 0 Å². The lowest BCUT2D eigenvalue weighted by atomic mass is 9.95. The molecule has 1 fully saturated rings. The molecule has 7 heteroatoms. The quantitative estimate of drug-likeness (QED) is 0.416. The predicted octanol–water partition coefficient (Wildman–Crippen LogP) is 3.62. The van der Waals surface area contributed by atoms with E-state index in [0.717, 1.165) is 0 Å². The van der Waals surface area contributed by atoms with Gasteiger partial charge in [-0.3, -0.25) is 14.5 Å². The number of ketones is 1. The number of hydrogen-bond donors (Lipinski definition) is 1. The van der Waals surface area contributed by atoms with Crippen molar-refractivity contribution in [3.8, 4) is 5.75 Å². The molecule has 1 N–H and O–H groups in total. The van der Waals surface area contributed by atoms with Crippen LogP contribution in [0.15, 0.2) is 70.8 Å². The zero-order valence-corrected chi connectivity index (χ0v) is 15.8. The third kappa shape index (κ3) is 3.16. The van der Waals surface area contributed by atoms with E-state index in [4.69, 9.17) is 9.26 Å². The zero-order chi connectivity index (χ0) is 20.5. The molecule has 0 bridgehead atoms. The van der Waals surface area contributed by atoms with E-state index in [1.807, 2.05) is 6.07 Å². The highest BCUT2D eigenvalue weighted by Gasteiger charge is 2.48. The number of aryl methyl sites for hydroxylation is 1. The van der Waals surface area contributed by atoms with Crippen LogP contribution >= 0.6 is 0 Å². The van der Waals surface area contributed by atoms with Gasteiger partial charge in [-0.2, -0.15) is 0 Å². The molecule has 7 nitrogen and oxygen atoms in total. The second-order valence-electron chi connectivity index (χ2n) is 6.60. The lowest BCUT2D eigenvalue weighted by Crippen LogP contribution is -2.29. The first-order valence-electron chi connectivity index (χ1n) is 8.95. The van der Waals surface area contributed by atoms with Gasteiger partial charge in [-0.1, -0.05) is 35.5 Å². The number of carbonyl (C=O) groups is 2. The Kier molecular flexibility index (Phi) is 4.64. The van der Waals surface area contributed by atoms with E-state index in [-0.39, 0.29) is 17.2 Å². The summed E-state index contributed by atoms with van der Waals surface area (Å²) in [6, 6.07) is 16.4. The number of methoxy groups -OCH3 is 1. The minimum atomic E-state index is -0.831. The molecule has 2 aromatic carbocycles. The molecule has 1 aliphatic heterocycles. The minimum Gasteiger partial charge on any atom is -0.507 e. The Bertz CT molecular complexity index is 1100. The Hall–Kier alpha value is -3.87. The largest absolute Gasteiger partial charge is 0.507 e. The first kappa shape index (κ1) is 18.5. The van der Waals surface area contributed by atoms with Crippen molar-refractivity contribution < 1.29 is 24.0 Å². The van der Waals surface area contributed by atoms with Crippen molar-refractivity contribution in [2.45, 2.75) is 13.0 Å². The average Bonchev–Trinajstić information content (AvgIpc) is 3.29. The molecule has 0 radical (unpaired) electrons. The number of nitrogens with zero attached hydrogens (tertiary/aromatic N) is 2. The van der Waals surface area contributed by atoms with Crippen molar-refractivity contribution >= 4 is 23.3 Å². The van der Waals surface area contributed by atoms with Gasteiger partial charge in [0.2, 0.25) is 0 Å². The molecular weight excluding hydrogens is 372 g/mol. The molecule has 29 heavy (non-hydrogen) atoms. The first-order valence-corrected chi connectivity index (χ1v) is 8.95. The van der Waals surface area contributed by atoms with Crippen molar-refractivity contribution in [1.29, 1.82) is 0 Å². The number of benzene rings is 2. The molecular formula is C22H18N2O5. The van der Waals surface area contributed by atoms with Crippen molar-refractivity contribution in [3.05, 3.63) is 83.1 Å². The second-order valence-corrected chi connectivity index (χ2v) is 6.60. The highest BCUT2D eigenvalue weighted by Crippen LogP contribution is 2.41. The fraction of sp³-hybridized carbons (Fsp3) is 0.136. The van der Waals surface area contributed by atoms with E-state index in [9.17, 15) is 14.7 Å². The van der Waals surface area contributed by atoms with Crippen molar-refractivity contribution in [2.24, 2.45) is 0 Å². The van der Waals surface area contributed by atoms with Gasteiger partial charge in [-0.05, 0) is 36.8 Å². The van der Waals surface area contributed by atoms with Crippen LogP contribution in [0.4, 0.5) is 5.82 Å². The van der Waals surface area contributed by atoms with Crippen LogP contribution in [-0.2, 0) is 9.59 Å². The summed E-state index contributed by atoms with van der Waals surface area (Å²) in [6.45, 7) is 1.70. The number of Topliss-reactive ketones (excluding diaryl/α,β-unsaturated/α-hetero) is 1. The predicted molar refractivity (Wildman–Crippen MR) is 105 cm³/mol. The lowest BCUT2D eigenvalue weighted by molar-refractivity contribution is -0.132.